The number of H-pyrrole nitrogens is 1. The number of anilines is 2. The van der Waals surface area contributed by atoms with Crippen LogP contribution in [0.5, 0.6) is 0 Å². The normalized spacial score (nSPS) is 14.1. The van der Waals surface area contributed by atoms with Gasteiger partial charge in [-0.3, -0.25) is 5.10 Å². The summed E-state index contributed by atoms with van der Waals surface area (Å²) in [6.07, 6.45) is 4.04. The van der Waals surface area contributed by atoms with Gasteiger partial charge in [-0.05, 0) is 25.5 Å². The topological polar surface area (TPSA) is 73.0 Å². The molecule has 0 saturated carbocycles. The zero-order valence-corrected chi connectivity index (χ0v) is 15.8. The van der Waals surface area contributed by atoms with E-state index >= 15 is 0 Å². The number of aryl methyl sites for hydroxylation is 1. The first-order valence-corrected chi connectivity index (χ1v) is 9.10. The van der Waals surface area contributed by atoms with Gasteiger partial charge in [-0.15, -0.1) is 0 Å². The third kappa shape index (κ3) is 4.10. The number of aromatic nitrogens is 4. The molecule has 0 radical (unpaired) electrons. The minimum atomic E-state index is 0.764. The first-order chi connectivity index (χ1) is 12.1. The SMILES string of the molecule is CCCc1cc(CN(C)c2nc(N(C)C)nc3c2CCNCC3)[nH]n1. The highest BCUT2D eigenvalue weighted by molar-refractivity contribution is 5.53. The molecule has 0 aliphatic carbocycles. The van der Waals surface area contributed by atoms with Crippen molar-refractivity contribution < 1.29 is 0 Å². The number of aromatic amines is 1. The maximum absolute atomic E-state index is 4.85. The second-order valence-electron chi connectivity index (χ2n) is 6.91. The van der Waals surface area contributed by atoms with Gasteiger partial charge in [0.25, 0.3) is 0 Å². The molecule has 3 rings (SSSR count). The van der Waals surface area contributed by atoms with Crippen LogP contribution in [0.1, 0.15) is 36.0 Å². The van der Waals surface area contributed by atoms with Gasteiger partial charge in [-0.2, -0.15) is 10.1 Å². The minimum Gasteiger partial charge on any atom is -0.353 e. The monoisotopic (exact) mass is 343 g/mol. The van der Waals surface area contributed by atoms with Gasteiger partial charge in [-0.1, -0.05) is 13.3 Å². The number of nitrogens with zero attached hydrogens (tertiary/aromatic N) is 5. The summed E-state index contributed by atoms with van der Waals surface area (Å²) in [6, 6.07) is 2.16. The highest BCUT2D eigenvalue weighted by Gasteiger charge is 2.20. The maximum atomic E-state index is 4.85. The van der Waals surface area contributed by atoms with E-state index in [0.717, 1.165) is 68.5 Å². The van der Waals surface area contributed by atoms with Crippen LogP contribution in [0.3, 0.4) is 0 Å². The van der Waals surface area contributed by atoms with Crippen LogP contribution in [0.2, 0.25) is 0 Å². The fraction of sp³-hybridized carbons (Fsp3) is 0.611. The first-order valence-electron chi connectivity index (χ1n) is 9.10. The van der Waals surface area contributed by atoms with E-state index in [1.165, 1.54) is 11.3 Å². The van der Waals surface area contributed by atoms with Crippen molar-refractivity contribution in [1.82, 2.24) is 25.5 Å². The summed E-state index contributed by atoms with van der Waals surface area (Å²) >= 11 is 0. The van der Waals surface area contributed by atoms with E-state index in [1.807, 2.05) is 19.0 Å². The Morgan fingerprint density at radius 1 is 1.12 bits per heavy atom. The van der Waals surface area contributed by atoms with Crippen LogP contribution >= 0.6 is 0 Å². The Bertz CT molecular complexity index is 707. The van der Waals surface area contributed by atoms with Gasteiger partial charge in [0, 0.05) is 39.7 Å². The predicted molar refractivity (Wildman–Crippen MR) is 101 cm³/mol. The molecule has 7 nitrogen and oxygen atoms in total. The highest BCUT2D eigenvalue weighted by Crippen LogP contribution is 2.26. The lowest BCUT2D eigenvalue weighted by atomic mass is 10.1. The summed E-state index contributed by atoms with van der Waals surface area (Å²) in [7, 11) is 6.08. The van der Waals surface area contributed by atoms with Crippen molar-refractivity contribution in [2.45, 2.75) is 39.2 Å². The van der Waals surface area contributed by atoms with E-state index in [0.29, 0.717) is 0 Å². The molecule has 0 amide bonds. The van der Waals surface area contributed by atoms with Gasteiger partial charge in [0.2, 0.25) is 5.95 Å². The fourth-order valence-corrected chi connectivity index (χ4v) is 3.23. The van der Waals surface area contributed by atoms with Gasteiger partial charge in [-0.25, -0.2) is 4.98 Å². The molecule has 2 aromatic rings. The summed E-state index contributed by atoms with van der Waals surface area (Å²) in [5, 5.41) is 11.0. The summed E-state index contributed by atoms with van der Waals surface area (Å²) in [5.41, 5.74) is 4.69. The zero-order valence-electron chi connectivity index (χ0n) is 15.8. The first kappa shape index (κ1) is 17.7. The largest absolute Gasteiger partial charge is 0.353 e. The number of hydrogen-bond acceptors (Lipinski definition) is 6. The molecule has 136 valence electrons. The quantitative estimate of drug-likeness (QED) is 0.829. The van der Waals surface area contributed by atoms with Crippen molar-refractivity contribution in [2.75, 3.05) is 44.0 Å². The van der Waals surface area contributed by atoms with Crippen molar-refractivity contribution in [3.63, 3.8) is 0 Å². The lowest BCUT2D eigenvalue weighted by Gasteiger charge is -2.24. The average molecular weight is 343 g/mol. The molecule has 25 heavy (non-hydrogen) atoms. The molecule has 2 N–H and O–H groups in total. The van der Waals surface area contributed by atoms with E-state index in [2.05, 4.69) is 40.5 Å². The summed E-state index contributed by atoms with van der Waals surface area (Å²) in [6.45, 7) is 4.89. The molecule has 0 saturated heterocycles. The van der Waals surface area contributed by atoms with E-state index < -0.39 is 0 Å². The van der Waals surface area contributed by atoms with Crippen LogP contribution in [0, 0.1) is 0 Å². The molecule has 7 heteroatoms. The maximum Gasteiger partial charge on any atom is 0.227 e. The second-order valence-corrected chi connectivity index (χ2v) is 6.91. The van der Waals surface area contributed by atoms with E-state index in [4.69, 9.17) is 9.97 Å². The number of nitrogens with one attached hydrogen (secondary N) is 2. The smallest absolute Gasteiger partial charge is 0.227 e. The fourth-order valence-electron chi connectivity index (χ4n) is 3.23. The Morgan fingerprint density at radius 3 is 2.68 bits per heavy atom. The number of fused-ring (bicyclic) bond motifs is 1. The van der Waals surface area contributed by atoms with Gasteiger partial charge >= 0.3 is 0 Å². The molecule has 0 unspecified atom stereocenters. The predicted octanol–water partition coefficient (Wildman–Crippen LogP) is 1.54. The molecule has 1 aliphatic heterocycles. The summed E-state index contributed by atoms with van der Waals surface area (Å²) in [4.78, 5) is 13.8. The van der Waals surface area contributed by atoms with Crippen molar-refractivity contribution in [3.05, 3.63) is 28.7 Å². The van der Waals surface area contributed by atoms with Crippen LogP contribution in [-0.2, 0) is 25.8 Å². The molecular weight excluding hydrogens is 314 g/mol. The average Bonchev–Trinajstić information content (AvgIpc) is 2.88. The second kappa shape index (κ2) is 7.82. The van der Waals surface area contributed by atoms with E-state index in [-0.39, 0.29) is 0 Å². The summed E-state index contributed by atoms with van der Waals surface area (Å²) < 4.78 is 0. The molecule has 1 aliphatic rings. The summed E-state index contributed by atoms with van der Waals surface area (Å²) in [5.74, 6) is 1.81. The van der Waals surface area contributed by atoms with Crippen molar-refractivity contribution in [2.24, 2.45) is 0 Å². The Kier molecular flexibility index (Phi) is 5.53. The van der Waals surface area contributed by atoms with Crippen molar-refractivity contribution in [1.29, 1.82) is 0 Å². The molecule has 0 atom stereocenters. The van der Waals surface area contributed by atoms with Crippen LogP contribution in [0.25, 0.3) is 0 Å². The van der Waals surface area contributed by atoms with Crippen LogP contribution in [0.15, 0.2) is 6.07 Å². The van der Waals surface area contributed by atoms with Crippen LogP contribution < -0.4 is 15.1 Å². The van der Waals surface area contributed by atoms with Gasteiger partial charge in [0.15, 0.2) is 0 Å². The van der Waals surface area contributed by atoms with Crippen LogP contribution in [-0.4, -0.2) is 54.4 Å². The molecule has 0 bridgehead atoms. The Hall–Kier alpha value is -2.15. The van der Waals surface area contributed by atoms with Gasteiger partial charge in [0.1, 0.15) is 5.82 Å². The van der Waals surface area contributed by atoms with Gasteiger partial charge < -0.3 is 15.1 Å². The lowest BCUT2D eigenvalue weighted by Crippen LogP contribution is -2.24. The Labute approximate surface area is 149 Å². The molecule has 0 aromatic carbocycles. The third-order valence-corrected chi connectivity index (χ3v) is 4.51. The van der Waals surface area contributed by atoms with Crippen molar-refractivity contribution >= 4 is 11.8 Å². The van der Waals surface area contributed by atoms with E-state index in [1.54, 1.807) is 0 Å². The van der Waals surface area contributed by atoms with Crippen molar-refractivity contribution in [3.8, 4) is 0 Å². The third-order valence-electron chi connectivity index (χ3n) is 4.51. The zero-order chi connectivity index (χ0) is 17.8. The van der Waals surface area contributed by atoms with E-state index in [9.17, 15) is 0 Å². The molecular formula is C18H29N7. The molecule has 0 fully saturated rings. The standard InChI is InChI=1S/C18H29N7/c1-5-6-13-11-14(23-22-13)12-25(4)17-15-7-9-19-10-8-16(15)20-18(21-17)24(2)3/h11,19H,5-10,12H2,1-4H3,(H,22,23). The minimum absolute atomic E-state index is 0.764. The Balaban J connectivity index is 1.89. The molecule has 0 spiro atoms. The van der Waals surface area contributed by atoms with Crippen LogP contribution in [0.4, 0.5) is 11.8 Å². The number of hydrogen-bond donors (Lipinski definition) is 2. The molecule has 2 aromatic heterocycles. The number of rotatable bonds is 6. The Morgan fingerprint density at radius 2 is 1.92 bits per heavy atom. The molecule has 3 heterocycles. The van der Waals surface area contributed by atoms with Gasteiger partial charge in [0.05, 0.1) is 23.6 Å². The highest BCUT2D eigenvalue weighted by atomic mass is 15.3. The lowest BCUT2D eigenvalue weighted by molar-refractivity contribution is 0.708.